The van der Waals surface area contributed by atoms with Crippen molar-refractivity contribution in [1.82, 2.24) is 5.32 Å². The molecule has 0 spiro atoms. The monoisotopic (exact) mass is 237 g/mol. The average molecular weight is 237 g/mol. The minimum Gasteiger partial charge on any atom is -0.381 e. The first-order chi connectivity index (χ1) is 8.31. The van der Waals surface area contributed by atoms with Gasteiger partial charge in [-0.2, -0.15) is 0 Å². The van der Waals surface area contributed by atoms with Crippen LogP contribution in [0.25, 0.3) is 0 Å². The number of rotatable bonds is 4. The first kappa shape index (κ1) is 12.5. The van der Waals surface area contributed by atoms with Crippen LogP contribution in [0.15, 0.2) is 24.3 Å². The van der Waals surface area contributed by atoms with Crippen molar-refractivity contribution in [1.29, 1.82) is 0 Å². The summed E-state index contributed by atoms with van der Waals surface area (Å²) in [7, 11) is 0. The Morgan fingerprint density at radius 2 is 2.24 bits per heavy atom. The van der Waals surface area contributed by atoms with Gasteiger partial charge in [-0.05, 0) is 31.0 Å². The van der Waals surface area contributed by atoms with Gasteiger partial charge in [0.25, 0.3) is 0 Å². The Kier molecular flexibility index (Phi) is 4.51. The van der Waals surface area contributed by atoms with E-state index in [2.05, 4.69) is 12.2 Å². The van der Waals surface area contributed by atoms with Crippen molar-refractivity contribution >= 4 is 0 Å². The van der Waals surface area contributed by atoms with Gasteiger partial charge in [0, 0.05) is 18.6 Å². The standard InChI is InChI=1S/C14H20FNO/c1-2-16-14-7-8-17-10-12(14)9-11-5-3-4-6-13(11)15/h3-6,12,14,16H,2,7-10H2,1H3/t12-,14+/m1/s1. The van der Waals surface area contributed by atoms with E-state index in [1.807, 2.05) is 12.1 Å². The molecule has 1 aliphatic rings. The van der Waals surface area contributed by atoms with Crippen molar-refractivity contribution < 1.29 is 9.13 Å². The molecule has 0 saturated carbocycles. The lowest BCUT2D eigenvalue weighted by Crippen LogP contribution is -2.43. The molecule has 0 unspecified atom stereocenters. The van der Waals surface area contributed by atoms with Crippen LogP contribution < -0.4 is 5.32 Å². The van der Waals surface area contributed by atoms with Gasteiger partial charge in [-0.25, -0.2) is 4.39 Å². The summed E-state index contributed by atoms with van der Waals surface area (Å²) in [6.45, 7) is 4.60. The summed E-state index contributed by atoms with van der Waals surface area (Å²) in [5.41, 5.74) is 0.797. The lowest BCUT2D eigenvalue weighted by Gasteiger charge is -2.32. The second-order valence-corrected chi connectivity index (χ2v) is 4.58. The maximum Gasteiger partial charge on any atom is 0.126 e. The quantitative estimate of drug-likeness (QED) is 0.868. The smallest absolute Gasteiger partial charge is 0.126 e. The molecule has 17 heavy (non-hydrogen) atoms. The van der Waals surface area contributed by atoms with Crippen LogP contribution >= 0.6 is 0 Å². The Morgan fingerprint density at radius 1 is 1.41 bits per heavy atom. The highest BCUT2D eigenvalue weighted by atomic mass is 19.1. The molecule has 1 aliphatic heterocycles. The highest BCUT2D eigenvalue weighted by Gasteiger charge is 2.25. The lowest BCUT2D eigenvalue weighted by molar-refractivity contribution is 0.0324. The number of ether oxygens (including phenoxy) is 1. The molecule has 2 rings (SSSR count). The minimum atomic E-state index is -0.103. The zero-order valence-electron chi connectivity index (χ0n) is 10.3. The van der Waals surface area contributed by atoms with E-state index in [1.165, 1.54) is 6.07 Å². The molecule has 0 amide bonds. The Balaban J connectivity index is 2.03. The third kappa shape index (κ3) is 3.27. The van der Waals surface area contributed by atoms with Crippen LogP contribution in [0.5, 0.6) is 0 Å². The molecule has 94 valence electrons. The Bertz CT molecular complexity index is 354. The van der Waals surface area contributed by atoms with E-state index >= 15 is 0 Å². The highest BCUT2D eigenvalue weighted by molar-refractivity contribution is 5.18. The molecule has 0 aromatic heterocycles. The zero-order chi connectivity index (χ0) is 12.1. The Labute approximate surface area is 102 Å². The molecular weight excluding hydrogens is 217 g/mol. The van der Waals surface area contributed by atoms with Gasteiger partial charge < -0.3 is 10.1 Å². The van der Waals surface area contributed by atoms with Gasteiger partial charge in [0.15, 0.2) is 0 Å². The SMILES string of the molecule is CCN[C@H]1CCOC[C@H]1Cc1ccccc1F. The lowest BCUT2D eigenvalue weighted by atomic mass is 9.89. The maximum absolute atomic E-state index is 13.6. The summed E-state index contributed by atoms with van der Waals surface area (Å²) >= 11 is 0. The third-order valence-corrected chi connectivity index (χ3v) is 3.38. The summed E-state index contributed by atoms with van der Waals surface area (Å²) in [6, 6.07) is 7.48. The van der Waals surface area contributed by atoms with Crippen molar-refractivity contribution in [3.05, 3.63) is 35.6 Å². The van der Waals surface area contributed by atoms with Gasteiger partial charge in [-0.15, -0.1) is 0 Å². The van der Waals surface area contributed by atoms with Gasteiger partial charge in [0.2, 0.25) is 0 Å². The fraction of sp³-hybridized carbons (Fsp3) is 0.571. The van der Waals surface area contributed by atoms with Gasteiger partial charge in [0.1, 0.15) is 5.82 Å². The van der Waals surface area contributed by atoms with E-state index in [1.54, 1.807) is 6.07 Å². The molecule has 1 N–H and O–H groups in total. The molecular formula is C14H20FNO. The molecule has 0 aliphatic carbocycles. The van der Waals surface area contributed by atoms with Gasteiger partial charge >= 0.3 is 0 Å². The second kappa shape index (κ2) is 6.12. The Morgan fingerprint density at radius 3 is 3.00 bits per heavy atom. The van der Waals surface area contributed by atoms with Crippen LogP contribution in [-0.4, -0.2) is 25.8 Å². The van der Waals surface area contributed by atoms with Crippen LogP contribution in [-0.2, 0) is 11.2 Å². The van der Waals surface area contributed by atoms with E-state index < -0.39 is 0 Å². The number of hydrogen-bond acceptors (Lipinski definition) is 2. The van der Waals surface area contributed by atoms with E-state index in [4.69, 9.17) is 4.74 Å². The average Bonchev–Trinajstić information content (AvgIpc) is 2.35. The van der Waals surface area contributed by atoms with Crippen molar-refractivity contribution in [3.8, 4) is 0 Å². The maximum atomic E-state index is 13.6. The molecule has 3 heteroatoms. The second-order valence-electron chi connectivity index (χ2n) is 4.58. The van der Waals surface area contributed by atoms with E-state index in [0.717, 1.165) is 38.2 Å². The molecule has 1 heterocycles. The van der Waals surface area contributed by atoms with E-state index in [-0.39, 0.29) is 5.82 Å². The molecule has 1 fully saturated rings. The first-order valence-electron chi connectivity index (χ1n) is 6.35. The number of halogens is 1. The van der Waals surface area contributed by atoms with Crippen molar-refractivity contribution in [2.45, 2.75) is 25.8 Å². The van der Waals surface area contributed by atoms with Gasteiger partial charge in [0.05, 0.1) is 6.61 Å². The molecule has 0 bridgehead atoms. The molecule has 2 nitrogen and oxygen atoms in total. The predicted octanol–water partition coefficient (Wildman–Crippen LogP) is 2.38. The summed E-state index contributed by atoms with van der Waals surface area (Å²) in [5, 5.41) is 3.47. The van der Waals surface area contributed by atoms with Crippen LogP contribution in [0.1, 0.15) is 18.9 Å². The van der Waals surface area contributed by atoms with Crippen LogP contribution in [0.4, 0.5) is 4.39 Å². The largest absolute Gasteiger partial charge is 0.381 e. The molecule has 1 aromatic carbocycles. The van der Waals surface area contributed by atoms with E-state index in [0.29, 0.717) is 12.0 Å². The fourth-order valence-corrected chi connectivity index (χ4v) is 2.48. The summed E-state index contributed by atoms with van der Waals surface area (Å²) in [5.74, 6) is 0.272. The third-order valence-electron chi connectivity index (χ3n) is 3.38. The topological polar surface area (TPSA) is 21.3 Å². The van der Waals surface area contributed by atoms with Gasteiger partial charge in [-0.3, -0.25) is 0 Å². The van der Waals surface area contributed by atoms with Crippen LogP contribution in [0, 0.1) is 11.7 Å². The van der Waals surface area contributed by atoms with Gasteiger partial charge in [-0.1, -0.05) is 25.1 Å². The van der Waals surface area contributed by atoms with Crippen LogP contribution in [0.3, 0.4) is 0 Å². The summed E-state index contributed by atoms with van der Waals surface area (Å²) < 4.78 is 19.1. The number of hydrogen-bond donors (Lipinski definition) is 1. The molecule has 1 saturated heterocycles. The van der Waals surface area contributed by atoms with Crippen molar-refractivity contribution in [3.63, 3.8) is 0 Å². The minimum absolute atomic E-state index is 0.103. The molecule has 1 aromatic rings. The van der Waals surface area contributed by atoms with Crippen molar-refractivity contribution in [2.75, 3.05) is 19.8 Å². The predicted molar refractivity (Wildman–Crippen MR) is 66.5 cm³/mol. The van der Waals surface area contributed by atoms with Crippen LogP contribution in [0.2, 0.25) is 0 Å². The molecule has 0 radical (unpaired) electrons. The highest BCUT2D eigenvalue weighted by Crippen LogP contribution is 2.21. The normalized spacial score (nSPS) is 24.8. The zero-order valence-corrected chi connectivity index (χ0v) is 10.3. The first-order valence-corrected chi connectivity index (χ1v) is 6.35. The fourth-order valence-electron chi connectivity index (χ4n) is 2.48. The molecule has 2 atom stereocenters. The number of nitrogens with one attached hydrogen (secondary N) is 1. The Hall–Kier alpha value is -0.930. The van der Waals surface area contributed by atoms with Crippen molar-refractivity contribution in [2.24, 2.45) is 5.92 Å². The number of benzene rings is 1. The summed E-state index contributed by atoms with van der Waals surface area (Å²) in [6.07, 6.45) is 1.78. The van der Waals surface area contributed by atoms with E-state index in [9.17, 15) is 4.39 Å². The summed E-state index contributed by atoms with van der Waals surface area (Å²) in [4.78, 5) is 0.